The van der Waals surface area contributed by atoms with Crippen molar-refractivity contribution in [1.29, 1.82) is 0 Å². The highest BCUT2D eigenvalue weighted by molar-refractivity contribution is 7.15. The molecule has 31 heavy (non-hydrogen) atoms. The van der Waals surface area contributed by atoms with Crippen LogP contribution in [0.1, 0.15) is 22.3 Å². The Hall–Kier alpha value is -3.15. The minimum atomic E-state index is -0.0372. The maximum absolute atomic E-state index is 13.0. The van der Waals surface area contributed by atoms with E-state index in [1.54, 1.807) is 4.40 Å². The van der Waals surface area contributed by atoms with E-state index in [0.29, 0.717) is 16.2 Å². The third-order valence-corrected chi connectivity index (χ3v) is 6.72. The number of hydrogen-bond donors (Lipinski definition) is 0. The molecule has 0 atom stereocenters. The van der Waals surface area contributed by atoms with Crippen LogP contribution in [0.3, 0.4) is 0 Å². The first-order valence-electron chi connectivity index (χ1n) is 9.90. The summed E-state index contributed by atoms with van der Waals surface area (Å²) in [6.45, 7) is 4.51. The largest absolute Gasteiger partial charge is 0.489 e. The lowest BCUT2D eigenvalue weighted by Crippen LogP contribution is -2.22. The predicted octanol–water partition coefficient (Wildman–Crippen LogP) is 5.31. The fraction of sp³-hybridized carbons (Fsp3) is 0.120. The average molecular weight is 447 g/mol. The van der Waals surface area contributed by atoms with Crippen molar-refractivity contribution in [2.45, 2.75) is 20.5 Å². The van der Waals surface area contributed by atoms with E-state index in [1.165, 1.54) is 16.9 Å². The van der Waals surface area contributed by atoms with Gasteiger partial charge in [0.1, 0.15) is 12.4 Å². The molecule has 154 valence electrons. The van der Waals surface area contributed by atoms with E-state index in [2.05, 4.69) is 11.9 Å². The van der Waals surface area contributed by atoms with Crippen molar-refractivity contribution in [3.05, 3.63) is 103 Å². The number of benzene rings is 3. The summed E-state index contributed by atoms with van der Waals surface area (Å²) in [4.78, 5) is 18.4. The molecule has 0 unspecified atom stereocenters. The van der Waals surface area contributed by atoms with Gasteiger partial charge in [-0.3, -0.25) is 4.79 Å². The molecule has 5 aromatic rings. The van der Waals surface area contributed by atoms with Crippen LogP contribution in [-0.2, 0) is 6.61 Å². The summed E-state index contributed by atoms with van der Waals surface area (Å²) in [6.07, 6.45) is 1.90. The molecular weight excluding hydrogens is 428 g/mol. The van der Waals surface area contributed by atoms with Crippen LogP contribution in [0.15, 0.2) is 65.5 Å². The Morgan fingerprint density at radius 3 is 2.58 bits per heavy atom. The molecule has 0 saturated carbocycles. The number of ether oxygens (including phenoxy) is 1. The van der Waals surface area contributed by atoms with Gasteiger partial charge in [0.15, 0.2) is 4.96 Å². The highest BCUT2D eigenvalue weighted by Gasteiger charge is 2.12. The topological polar surface area (TPSA) is 43.6 Å². The molecule has 0 aliphatic rings. The lowest BCUT2D eigenvalue weighted by molar-refractivity contribution is 0.306. The van der Waals surface area contributed by atoms with Gasteiger partial charge in [0, 0.05) is 10.6 Å². The fourth-order valence-corrected chi connectivity index (χ4v) is 4.68. The molecule has 0 saturated heterocycles. The van der Waals surface area contributed by atoms with Crippen molar-refractivity contribution in [3.8, 4) is 5.75 Å². The molecule has 3 aromatic carbocycles. The minimum Gasteiger partial charge on any atom is -0.489 e. The molecule has 0 bridgehead atoms. The van der Waals surface area contributed by atoms with Gasteiger partial charge in [0.2, 0.25) is 0 Å². The maximum Gasteiger partial charge on any atom is 0.274 e. The molecule has 0 radical (unpaired) electrons. The van der Waals surface area contributed by atoms with Crippen LogP contribution in [0.25, 0.3) is 22.1 Å². The molecule has 0 amide bonds. The Morgan fingerprint density at radius 1 is 1.06 bits per heavy atom. The normalized spacial score (nSPS) is 12.2. The number of nitrogens with zero attached hydrogens (tertiary/aromatic N) is 2. The van der Waals surface area contributed by atoms with Crippen molar-refractivity contribution in [2.75, 3.05) is 0 Å². The lowest BCUT2D eigenvalue weighted by atomic mass is 10.1. The van der Waals surface area contributed by atoms with Crippen molar-refractivity contribution >= 4 is 45.0 Å². The number of aromatic nitrogens is 2. The van der Waals surface area contributed by atoms with Crippen LogP contribution in [-0.4, -0.2) is 9.38 Å². The molecular formula is C25H19ClN2O2S. The van der Waals surface area contributed by atoms with E-state index in [-0.39, 0.29) is 5.56 Å². The molecule has 0 N–H and O–H groups in total. The van der Waals surface area contributed by atoms with Gasteiger partial charge in [-0.1, -0.05) is 53.3 Å². The molecule has 2 heterocycles. The first kappa shape index (κ1) is 19.8. The summed E-state index contributed by atoms with van der Waals surface area (Å²) in [5.74, 6) is 0.747. The Balaban J connectivity index is 1.44. The van der Waals surface area contributed by atoms with Gasteiger partial charge in [-0.05, 0) is 66.9 Å². The van der Waals surface area contributed by atoms with E-state index in [4.69, 9.17) is 16.3 Å². The van der Waals surface area contributed by atoms with Crippen LogP contribution in [0.2, 0.25) is 5.02 Å². The van der Waals surface area contributed by atoms with Crippen LogP contribution >= 0.6 is 22.9 Å². The molecule has 0 spiro atoms. The SMILES string of the molecule is Cc1cc2nc3s/c(=C\c4ccc(OCc5ccccc5Cl)cc4)c(=O)n3c2cc1C. The first-order valence-corrected chi connectivity index (χ1v) is 11.1. The van der Waals surface area contributed by atoms with Crippen molar-refractivity contribution in [1.82, 2.24) is 9.38 Å². The zero-order chi connectivity index (χ0) is 21.5. The molecule has 5 rings (SSSR count). The quantitative estimate of drug-likeness (QED) is 0.376. The van der Waals surface area contributed by atoms with Gasteiger partial charge < -0.3 is 4.74 Å². The Bertz CT molecular complexity index is 1530. The third kappa shape index (κ3) is 3.71. The summed E-state index contributed by atoms with van der Waals surface area (Å²) < 4.78 is 8.20. The van der Waals surface area contributed by atoms with Gasteiger partial charge in [-0.25, -0.2) is 9.38 Å². The monoisotopic (exact) mass is 446 g/mol. The van der Waals surface area contributed by atoms with E-state index < -0.39 is 0 Å². The molecule has 0 aliphatic carbocycles. The lowest BCUT2D eigenvalue weighted by Gasteiger charge is -2.07. The first-order chi connectivity index (χ1) is 15.0. The molecule has 4 nitrogen and oxygen atoms in total. The van der Waals surface area contributed by atoms with Gasteiger partial charge in [-0.15, -0.1) is 0 Å². The predicted molar refractivity (Wildman–Crippen MR) is 127 cm³/mol. The van der Waals surface area contributed by atoms with Crippen LogP contribution in [0, 0.1) is 13.8 Å². The summed E-state index contributed by atoms with van der Waals surface area (Å²) in [5, 5.41) is 0.691. The van der Waals surface area contributed by atoms with Gasteiger partial charge >= 0.3 is 0 Å². The number of fused-ring (bicyclic) bond motifs is 3. The molecule has 0 aliphatic heterocycles. The number of thiazole rings is 1. The van der Waals surface area contributed by atoms with Crippen molar-refractivity contribution < 1.29 is 4.74 Å². The van der Waals surface area contributed by atoms with Gasteiger partial charge in [-0.2, -0.15) is 0 Å². The number of imidazole rings is 1. The second-order valence-corrected chi connectivity index (χ2v) is 8.94. The average Bonchev–Trinajstić information content (AvgIpc) is 3.25. The summed E-state index contributed by atoms with van der Waals surface area (Å²) >= 11 is 7.58. The zero-order valence-corrected chi connectivity index (χ0v) is 18.6. The maximum atomic E-state index is 13.0. The molecule has 6 heteroatoms. The van der Waals surface area contributed by atoms with Crippen molar-refractivity contribution in [2.24, 2.45) is 0 Å². The smallest absolute Gasteiger partial charge is 0.274 e. The Morgan fingerprint density at radius 2 is 1.81 bits per heavy atom. The van der Waals surface area contributed by atoms with Crippen molar-refractivity contribution in [3.63, 3.8) is 0 Å². The highest BCUT2D eigenvalue weighted by atomic mass is 35.5. The van der Waals surface area contributed by atoms with Crippen LogP contribution in [0.4, 0.5) is 0 Å². The fourth-order valence-electron chi connectivity index (χ4n) is 3.51. The van der Waals surface area contributed by atoms with Crippen LogP contribution in [0.5, 0.6) is 5.75 Å². The summed E-state index contributed by atoms with van der Waals surface area (Å²) in [6, 6.07) is 19.4. The zero-order valence-electron chi connectivity index (χ0n) is 17.1. The number of aryl methyl sites for hydroxylation is 2. The van der Waals surface area contributed by atoms with E-state index in [0.717, 1.165) is 38.4 Å². The Labute approximate surface area is 188 Å². The summed E-state index contributed by atoms with van der Waals surface area (Å²) in [5.41, 5.74) is 5.88. The van der Waals surface area contributed by atoms with E-state index in [1.807, 2.05) is 73.7 Å². The minimum absolute atomic E-state index is 0.0372. The number of rotatable bonds is 4. The van der Waals surface area contributed by atoms with E-state index >= 15 is 0 Å². The molecule has 2 aromatic heterocycles. The second kappa shape index (κ2) is 7.84. The van der Waals surface area contributed by atoms with Crippen LogP contribution < -0.4 is 14.8 Å². The summed E-state index contributed by atoms with van der Waals surface area (Å²) in [7, 11) is 0. The number of halogens is 1. The van der Waals surface area contributed by atoms with E-state index in [9.17, 15) is 4.79 Å². The second-order valence-electron chi connectivity index (χ2n) is 7.52. The third-order valence-electron chi connectivity index (χ3n) is 5.38. The highest BCUT2D eigenvalue weighted by Crippen LogP contribution is 2.21. The molecule has 0 fully saturated rings. The standard InChI is InChI=1S/C25H19ClN2O2S/c1-15-11-21-22(12-16(15)2)28-24(29)23(31-25(28)27-21)13-17-7-9-19(10-8-17)30-14-18-5-3-4-6-20(18)26/h3-13H,14H2,1-2H3/b23-13-. The number of hydrogen-bond acceptors (Lipinski definition) is 4. The van der Waals surface area contributed by atoms with Gasteiger partial charge in [0.25, 0.3) is 5.56 Å². The van der Waals surface area contributed by atoms with Gasteiger partial charge in [0.05, 0.1) is 15.6 Å². The Kier molecular flexibility index (Phi) is 5.00.